The number of aromatic nitrogens is 5. The highest BCUT2D eigenvalue weighted by molar-refractivity contribution is 7.98. The monoisotopic (exact) mass is 369 g/mol. The van der Waals surface area contributed by atoms with Gasteiger partial charge in [-0.2, -0.15) is 16.3 Å². The van der Waals surface area contributed by atoms with Crippen molar-refractivity contribution in [3.8, 4) is 17.1 Å². The van der Waals surface area contributed by atoms with Gasteiger partial charge in [-0.15, -0.1) is 10.2 Å². The van der Waals surface area contributed by atoms with Crippen molar-refractivity contribution in [2.24, 2.45) is 0 Å². The Labute approximate surface area is 152 Å². The fraction of sp³-hybridized carbons (Fsp3) is 0.176. The Morgan fingerprint density at radius 1 is 1.12 bits per heavy atom. The molecule has 0 aliphatic carbocycles. The van der Waals surface area contributed by atoms with Crippen LogP contribution in [0.4, 0.5) is 0 Å². The van der Waals surface area contributed by atoms with Crippen molar-refractivity contribution < 1.29 is 4.52 Å². The van der Waals surface area contributed by atoms with E-state index in [1.807, 2.05) is 28.3 Å². The van der Waals surface area contributed by atoms with Gasteiger partial charge in [-0.05, 0) is 37.4 Å². The van der Waals surface area contributed by atoms with Crippen LogP contribution in [0.15, 0.2) is 50.8 Å². The van der Waals surface area contributed by atoms with Crippen LogP contribution in [-0.2, 0) is 5.75 Å². The molecule has 4 rings (SSSR count). The normalized spacial score (nSPS) is 11.1. The number of rotatable bonds is 5. The molecular formula is C17H15N5OS2. The molecule has 0 saturated heterocycles. The number of thiophene rings is 1. The van der Waals surface area contributed by atoms with Gasteiger partial charge in [0.15, 0.2) is 5.16 Å². The van der Waals surface area contributed by atoms with Crippen molar-refractivity contribution in [3.63, 3.8) is 0 Å². The van der Waals surface area contributed by atoms with Crippen molar-refractivity contribution in [1.29, 1.82) is 0 Å². The van der Waals surface area contributed by atoms with E-state index in [-0.39, 0.29) is 0 Å². The summed E-state index contributed by atoms with van der Waals surface area (Å²) in [7, 11) is 0. The summed E-state index contributed by atoms with van der Waals surface area (Å²) < 4.78 is 7.37. The SMILES string of the molecule is Cc1ccc(-n2c(C)nnc2SCc2nc(-c3ccsc3)no2)cc1. The third kappa shape index (κ3) is 3.35. The average molecular weight is 369 g/mol. The summed E-state index contributed by atoms with van der Waals surface area (Å²) in [5.41, 5.74) is 3.24. The van der Waals surface area contributed by atoms with E-state index < -0.39 is 0 Å². The molecule has 0 bridgehead atoms. The van der Waals surface area contributed by atoms with Gasteiger partial charge in [-0.3, -0.25) is 4.57 Å². The van der Waals surface area contributed by atoms with Crippen LogP contribution >= 0.6 is 23.1 Å². The number of hydrogen-bond acceptors (Lipinski definition) is 7. The van der Waals surface area contributed by atoms with Crippen LogP contribution in [0.2, 0.25) is 0 Å². The highest BCUT2D eigenvalue weighted by Crippen LogP contribution is 2.26. The van der Waals surface area contributed by atoms with Crippen LogP contribution in [0.5, 0.6) is 0 Å². The fourth-order valence-corrected chi connectivity index (χ4v) is 3.85. The second kappa shape index (κ2) is 6.81. The Balaban J connectivity index is 1.53. The molecule has 3 aromatic heterocycles. The smallest absolute Gasteiger partial charge is 0.237 e. The van der Waals surface area contributed by atoms with Crippen LogP contribution in [0.25, 0.3) is 17.1 Å². The Hall–Kier alpha value is -2.45. The predicted molar refractivity (Wildman–Crippen MR) is 98.0 cm³/mol. The average Bonchev–Trinajstić information content (AvgIpc) is 3.34. The minimum absolute atomic E-state index is 0.543. The topological polar surface area (TPSA) is 69.6 Å². The van der Waals surface area contributed by atoms with Crippen molar-refractivity contribution in [3.05, 3.63) is 58.4 Å². The first kappa shape index (κ1) is 16.0. The zero-order valence-corrected chi connectivity index (χ0v) is 15.3. The summed E-state index contributed by atoms with van der Waals surface area (Å²) in [5.74, 6) is 2.58. The molecule has 0 radical (unpaired) electrons. The second-order valence-electron chi connectivity index (χ2n) is 5.51. The summed E-state index contributed by atoms with van der Waals surface area (Å²) in [4.78, 5) is 4.44. The molecule has 0 amide bonds. The lowest BCUT2D eigenvalue weighted by Crippen LogP contribution is -1.99. The van der Waals surface area contributed by atoms with Crippen molar-refractivity contribution in [2.45, 2.75) is 24.8 Å². The van der Waals surface area contributed by atoms with Gasteiger partial charge in [0.1, 0.15) is 5.82 Å². The highest BCUT2D eigenvalue weighted by Gasteiger charge is 2.14. The van der Waals surface area contributed by atoms with Crippen LogP contribution in [0, 0.1) is 13.8 Å². The predicted octanol–water partition coefficient (Wildman–Crippen LogP) is 4.29. The Morgan fingerprint density at radius 2 is 1.96 bits per heavy atom. The summed E-state index contributed by atoms with van der Waals surface area (Å²) in [6, 6.07) is 10.3. The van der Waals surface area contributed by atoms with Gasteiger partial charge in [0, 0.05) is 16.6 Å². The molecule has 0 N–H and O–H groups in total. The van der Waals surface area contributed by atoms with E-state index in [4.69, 9.17) is 4.52 Å². The minimum Gasteiger partial charge on any atom is -0.338 e. The first-order valence-electron chi connectivity index (χ1n) is 7.68. The van der Waals surface area contributed by atoms with Crippen molar-refractivity contribution in [2.75, 3.05) is 0 Å². The maximum atomic E-state index is 5.34. The summed E-state index contributed by atoms with van der Waals surface area (Å²) in [5, 5.41) is 17.3. The number of nitrogens with zero attached hydrogens (tertiary/aromatic N) is 5. The highest BCUT2D eigenvalue weighted by atomic mass is 32.2. The Kier molecular flexibility index (Phi) is 4.37. The van der Waals surface area contributed by atoms with Gasteiger partial charge in [0.05, 0.1) is 5.75 Å². The summed E-state index contributed by atoms with van der Waals surface area (Å²) in [6.07, 6.45) is 0. The van der Waals surface area contributed by atoms with E-state index in [0.717, 1.165) is 22.2 Å². The molecule has 0 saturated carbocycles. The van der Waals surface area contributed by atoms with Gasteiger partial charge in [0.25, 0.3) is 0 Å². The zero-order valence-electron chi connectivity index (χ0n) is 13.7. The number of aryl methyl sites for hydroxylation is 2. The van der Waals surface area contributed by atoms with E-state index in [1.165, 1.54) is 17.3 Å². The van der Waals surface area contributed by atoms with Crippen LogP contribution < -0.4 is 0 Å². The zero-order chi connectivity index (χ0) is 17.2. The molecule has 4 aromatic rings. The molecule has 0 fully saturated rings. The Bertz CT molecular complexity index is 973. The lowest BCUT2D eigenvalue weighted by molar-refractivity contribution is 0.391. The molecule has 3 heterocycles. The van der Waals surface area contributed by atoms with E-state index in [0.29, 0.717) is 17.5 Å². The maximum Gasteiger partial charge on any atom is 0.237 e. The summed E-state index contributed by atoms with van der Waals surface area (Å²) in [6.45, 7) is 4.01. The standard InChI is InChI=1S/C17H15N5OS2/c1-11-3-5-14(6-4-11)22-12(2)19-20-17(22)25-10-15-18-16(21-23-15)13-7-8-24-9-13/h3-9H,10H2,1-2H3. The van der Waals surface area contributed by atoms with E-state index in [1.54, 1.807) is 11.3 Å². The molecule has 0 unspecified atom stereocenters. The van der Waals surface area contributed by atoms with Crippen molar-refractivity contribution >= 4 is 23.1 Å². The first-order valence-corrected chi connectivity index (χ1v) is 9.60. The minimum atomic E-state index is 0.543. The number of benzene rings is 1. The number of hydrogen-bond donors (Lipinski definition) is 0. The lowest BCUT2D eigenvalue weighted by atomic mass is 10.2. The van der Waals surface area contributed by atoms with E-state index >= 15 is 0 Å². The first-order chi connectivity index (χ1) is 12.2. The molecule has 0 aliphatic heterocycles. The van der Waals surface area contributed by atoms with Crippen LogP contribution in [0.3, 0.4) is 0 Å². The van der Waals surface area contributed by atoms with E-state index in [2.05, 4.69) is 51.5 Å². The third-order valence-corrected chi connectivity index (χ3v) is 5.26. The Morgan fingerprint density at radius 3 is 2.72 bits per heavy atom. The van der Waals surface area contributed by atoms with Gasteiger partial charge in [-0.25, -0.2) is 0 Å². The third-order valence-electron chi connectivity index (χ3n) is 3.66. The molecular weight excluding hydrogens is 354 g/mol. The largest absolute Gasteiger partial charge is 0.338 e. The van der Waals surface area contributed by atoms with Crippen molar-refractivity contribution in [1.82, 2.24) is 24.9 Å². The van der Waals surface area contributed by atoms with Gasteiger partial charge in [0.2, 0.25) is 11.7 Å². The van der Waals surface area contributed by atoms with Crippen LogP contribution in [-0.4, -0.2) is 24.9 Å². The number of thioether (sulfide) groups is 1. The molecule has 126 valence electrons. The molecule has 6 nitrogen and oxygen atoms in total. The lowest BCUT2D eigenvalue weighted by Gasteiger charge is -2.07. The molecule has 0 atom stereocenters. The molecule has 0 spiro atoms. The van der Waals surface area contributed by atoms with Gasteiger partial charge < -0.3 is 4.52 Å². The quantitative estimate of drug-likeness (QED) is 0.489. The van der Waals surface area contributed by atoms with Gasteiger partial charge >= 0.3 is 0 Å². The van der Waals surface area contributed by atoms with Crippen LogP contribution in [0.1, 0.15) is 17.3 Å². The molecule has 25 heavy (non-hydrogen) atoms. The molecule has 0 aliphatic rings. The summed E-state index contributed by atoms with van der Waals surface area (Å²) >= 11 is 3.14. The molecule has 1 aromatic carbocycles. The fourth-order valence-electron chi connectivity index (χ4n) is 2.38. The van der Waals surface area contributed by atoms with E-state index in [9.17, 15) is 0 Å². The van der Waals surface area contributed by atoms with Gasteiger partial charge in [-0.1, -0.05) is 34.6 Å². The molecule has 8 heteroatoms. The second-order valence-corrected chi connectivity index (χ2v) is 7.24. The maximum absolute atomic E-state index is 5.34.